The standard InChI is InChI=1S/C17H18Cl2N2O2/c1-23-14-4-2-3-12(9-14)7-8-20-17(22)11-21-13-5-6-15(18)16(19)10-13/h2-6,9-10,21H,7-8,11H2,1H3,(H,20,22). The summed E-state index contributed by atoms with van der Waals surface area (Å²) in [5.41, 5.74) is 1.87. The van der Waals surface area contributed by atoms with Gasteiger partial charge in [0.25, 0.3) is 0 Å². The summed E-state index contributed by atoms with van der Waals surface area (Å²) < 4.78 is 5.17. The normalized spacial score (nSPS) is 10.2. The molecule has 6 heteroatoms. The number of anilines is 1. The maximum atomic E-state index is 11.8. The quantitative estimate of drug-likeness (QED) is 0.797. The average Bonchev–Trinajstić information content (AvgIpc) is 2.56. The van der Waals surface area contributed by atoms with Crippen molar-refractivity contribution in [1.82, 2.24) is 5.32 Å². The maximum absolute atomic E-state index is 11.8. The van der Waals surface area contributed by atoms with Crippen LogP contribution in [0.5, 0.6) is 5.75 Å². The highest BCUT2D eigenvalue weighted by Crippen LogP contribution is 2.24. The van der Waals surface area contributed by atoms with Crippen LogP contribution in [0.4, 0.5) is 5.69 Å². The highest BCUT2D eigenvalue weighted by Gasteiger charge is 2.03. The number of carbonyl (C=O) groups is 1. The molecule has 2 aromatic rings. The maximum Gasteiger partial charge on any atom is 0.239 e. The van der Waals surface area contributed by atoms with Gasteiger partial charge >= 0.3 is 0 Å². The predicted molar refractivity (Wildman–Crippen MR) is 94.7 cm³/mol. The van der Waals surface area contributed by atoms with Gasteiger partial charge in [-0.05, 0) is 42.3 Å². The van der Waals surface area contributed by atoms with Gasteiger partial charge in [-0.1, -0.05) is 35.3 Å². The van der Waals surface area contributed by atoms with E-state index in [1.54, 1.807) is 25.3 Å². The predicted octanol–water partition coefficient (Wildman–Crippen LogP) is 3.77. The van der Waals surface area contributed by atoms with Gasteiger partial charge in [0.1, 0.15) is 5.75 Å². The molecule has 2 rings (SSSR count). The number of carbonyl (C=O) groups excluding carboxylic acids is 1. The average molecular weight is 353 g/mol. The largest absolute Gasteiger partial charge is 0.497 e. The molecule has 0 heterocycles. The molecule has 23 heavy (non-hydrogen) atoms. The fraction of sp³-hybridized carbons (Fsp3) is 0.235. The molecule has 0 aliphatic rings. The van der Waals surface area contributed by atoms with Gasteiger partial charge in [-0.2, -0.15) is 0 Å². The fourth-order valence-electron chi connectivity index (χ4n) is 2.03. The van der Waals surface area contributed by atoms with Gasteiger partial charge in [-0.3, -0.25) is 4.79 Å². The van der Waals surface area contributed by atoms with E-state index in [2.05, 4.69) is 10.6 Å². The van der Waals surface area contributed by atoms with Crippen molar-refractivity contribution in [3.8, 4) is 5.75 Å². The molecule has 0 radical (unpaired) electrons. The van der Waals surface area contributed by atoms with Crippen LogP contribution in [0.25, 0.3) is 0 Å². The van der Waals surface area contributed by atoms with E-state index in [0.717, 1.165) is 23.4 Å². The van der Waals surface area contributed by atoms with E-state index in [9.17, 15) is 4.79 Å². The summed E-state index contributed by atoms with van der Waals surface area (Å²) in [4.78, 5) is 11.8. The first-order valence-corrected chi connectivity index (χ1v) is 7.92. The lowest BCUT2D eigenvalue weighted by molar-refractivity contribution is -0.119. The molecule has 2 aromatic carbocycles. The molecule has 0 aromatic heterocycles. The topological polar surface area (TPSA) is 50.4 Å². The van der Waals surface area contributed by atoms with Crippen LogP contribution in [0.3, 0.4) is 0 Å². The van der Waals surface area contributed by atoms with Gasteiger partial charge < -0.3 is 15.4 Å². The van der Waals surface area contributed by atoms with Crippen LogP contribution >= 0.6 is 23.2 Å². The summed E-state index contributed by atoms with van der Waals surface area (Å²) in [5.74, 6) is 0.731. The van der Waals surface area contributed by atoms with Crippen molar-refractivity contribution in [1.29, 1.82) is 0 Å². The number of benzene rings is 2. The number of halogens is 2. The number of hydrogen-bond acceptors (Lipinski definition) is 3. The molecule has 0 bridgehead atoms. The van der Waals surface area contributed by atoms with Crippen molar-refractivity contribution in [2.24, 2.45) is 0 Å². The zero-order valence-corrected chi connectivity index (χ0v) is 14.2. The molecule has 4 nitrogen and oxygen atoms in total. The highest BCUT2D eigenvalue weighted by atomic mass is 35.5. The van der Waals surface area contributed by atoms with Crippen LogP contribution in [-0.4, -0.2) is 26.1 Å². The second kappa shape index (κ2) is 8.65. The Kier molecular flexibility index (Phi) is 6.56. The summed E-state index contributed by atoms with van der Waals surface area (Å²) in [6.07, 6.45) is 0.746. The van der Waals surface area contributed by atoms with Gasteiger partial charge in [0.05, 0.1) is 23.7 Å². The Morgan fingerprint density at radius 1 is 1.13 bits per heavy atom. The van der Waals surface area contributed by atoms with Gasteiger partial charge in [0.2, 0.25) is 5.91 Å². The summed E-state index contributed by atoms with van der Waals surface area (Å²) in [6.45, 7) is 0.741. The van der Waals surface area contributed by atoms with Crippen molar-refractivity contribution in [3.63, 3.8) is 0 Å². The van der Waals surface area contributed by atoms with Crippen LogP contribution < -0.4 is 15.4 Å². The van der Waals surface area contributed by atoms with Crippen LogP contribution in [0.1, 0.15) is 5.56 Å². The van der Waals surface area contributed by atoms with Crippen molar-refractivity contribution < 1.29 is 9.53 Å². The molecule has 0 fully saturated rings. The van der Waals surface area contributed by atoms with Crippen LogP contribution in [0, 0.1) is 0 Å². The second-order valence-corrected chi connectivity index (χ2v) is 5.75. The molecule has 0 spiro atoms. The van der Waals surface area contributed by atoms with Gasteiger partial charge in [0, 0.05) is 12.2 Å². The van der Waals surface area contributed by atoms with Crippen molar-refractivity contribution >= 4 is 34.8 Å². The first-order valence-electron chi connectivity index (χ1n) is 7.17. The number of amides is 1. The van der Waals surface area contributed by atoms with Gasteiger partial charge in [-0.25, -0.2) is 0 Å². The number of hydrogen-bond donors (Lipinski definition) is 2. The lowest BCUT2D eigenvalue weighted by Gasteiger charge is -2.09. The third-order valence-electron chi connectivity index (χ3n) is 3.24. The van der Waals surface area contributed by atoms with Crippen LogP contribution in [-0.2, 0) is 11.2 Å². The van der Waals surface area contributed by atoms with E-state index < -0.39 is 0 Å². The van der Waals surface area contributed by atoms with E-state index in [4.69, 9.17) is 27.9 Å². The molecule has 2 N–H and O–H groups in total. The molecular formula is C17H18Cl2N2O2. The number of rotatable bonds is 7. The number of ether oxygens (including phenoxy) is 1. The van der Waals surface area contributed by atoms with Crippen molar-refractivity contribution in [2.45, 2.75) is 6.42 Å². The first-order chi connectivity index (χ1) is 11.1. The third-order valence-corrected chi connectivity index (χ3v) is 3.98. The Morgan fingerprint density at radius 2 is 1.96 bits per heavy atom. The molecule has 122 valence electrons. The Morgan fingerprint density at radius 3 is 2.70 bits per heavy atom. The van der Waals surface area contributed by atoms with E-state index in [0.29, 0.717) is 16.6 Å². The Bertz CT molecular complexity index is 677. The molecule has 0 saturated carbocycles. The Hall–Kier alpha value is -1.91. The molecule has 0 saturated heterocycles. The molecule has 0 atom stereocenters. The summed E-state index contributed by atoms with van der Waals surface area (Å²) in [6, 6.07) is 12.9. The molecule has 0 aliphatic heterocycles. The zero-order valence-electron chi connectivity index (χ0n) is 12.7. The second-order valence-electron chi connectivity index (χ2n) is 4.93. The minimum Gasteiger partial charge on any atom is -0.497 e. The van der Waals surface area contributed by atoms with E-state index in [-0.39, 0.29) is 12.5 Å². The monoisotopic (exact) mass is 352 g/mol. The number of methoxy groups -OCH3 is 1. The van der Waals surface area contributed by atoms with Crippen molar-refractivity contribution in [3.05, 3.63) is 58.1 Å². The molecular weight excluding hydrogens is 335 g/mol. The third kappa shape index (κ3) is 5.66. The summed E-state index contributed by atoms with van der Waals surface area (Å²) in [7, 11) is 1.63. The number of nitrogens with one attached hydrogen (secondary N) is 2. The zero-order chi connectivity index (χ0) is 16.7. The Labute approximate surface area is 145 Å². The summed E-state index contributed by atoms with van der Waals surface area (Å²) in [5, 5.41) is 6.81. The SMILES string of the molecule is COc1cccc(CCNC(=O)CNc2ccc(Cl)c(Cl)c2)c1. The highest BCUT2D eigenvalue weighted by molar-refractivity contribution is 6.42. The smallest absolute Gasteiger partial charge is 0.239 e. The van der Waals surface area contributed by atoms with Gasteiger partial charge in [0.15, 0.2) is 0 Å². The van der Waals surface area contributed by atoms with Crippen molar-refractivity contribution in [2.75, 3.05) is 25.5 Å². The lowest BCUT2D eigenvalue weighted by atomic mass is 10.1. The van der Waals surface area contributed by atoms with Crippen LogP contribution in [0.2, 0.25) is 10.0 Å². The molecule has 1 amide bonds. The van der Waals surface area contributed by atoms with E-state index in [1.807, 2.05) is 24.3 Å². The van der Waals surface area contributed by atoms with E-state index in [1.165, 1.54) is 0 Å². The lowest BCUT2D eigenvalue weighted by Crippen LogP contribution is -2.31. The Balaban J connectivity index is 1.73. The molecule has 0 aliphatic carbocycles. The van der Waals surface area contributed by atoms with E-state index >= 15 is 0 Å². The molecule has 0 unspecified atom stereocenters. The summed E-state index contributed by atoms with van der Waals surface area (Å²) >= 11 is 11.8. The fourth-order valence-corrected chi connectivity index (χ4v) is 2.32. The minimum absolute atomic E-state index is 0.0843. The minimum atomic E-state index is -0.0843. The van der Waals surface area contributed by atoms with Gasteiger partial charge in [-0.15, -0.1) is 0 Å². The van der Waals surface area contributed by atoms with Crippen LogP contribution in [0.15, 0.2) is 42.5 Å². The first kappa shape index (κ1) is 17.4.